The number of hydrogen-bond donors (Lipinski definition) is 1. The van der Waals surface area contributed by atoms with Crippen LogP contribution in [0.4, 0.5) is 19.1 Å². The summed E-state index contributed by atoms with van der Waals surface area (Å²) in [6, 6.07) is 2.58. The average molecular weight is 572 g/mol. The third kappa shape index (κ3) is 6.95. The molecule has 1 N–H and O–H groups in total. The number of alkyl halides is 3. The van der Waals surface area contributed by atoms with Gasteiger partial charge in [0.2, 0.25) is 11.8 Å². The topological polar surface area (TPSA) is 78.8 Å². The number of aliphatic imine (C=N–C) groups is 1. The van der Waals surface area contributed by atoms with Crippen LogP contribution in [0.2, 0.25) is 5.02 Å². The van der Waals surface area contributed by atoms with Crippen LogP contribution >= 0.6 is 35.6 Å². The average Bonchev–Trinajstić information content (AvgIpc) is 2.75. The fourth-order valence-electron chi connectivity index (χ4n) is 2.90. The van der Waals surface area contributed by atoms with E-state index in [1.54, 1.807) is 25.5 Å². The molecule has 0 radical (unpaired) electrons. The molecule has 0 atom stereocenters. The Balaban J connectivity index is 0.00000341. The minimum absolute atomic E-state index is 0. The fraction of sp³-hybridized carbons (Fsp3) is 0.444. The molecule has 1 saturated heterocycles. The molecule has 1 aliphatic heterocycles. The van der Waals surface area contributed by atoms with E-state index in [4.69, 9.17) is 16.3 Å². The maximum Gasteiger partial charge on any atom is 0.417 e. The number of pyridine rings is 1. The maximum atomic E-state index is 12.7. The number of aromatic nitrogens is 3. The van der Waals surface area contributed by atoms with Gasteiger partial charge in [0, 0.05) is 51.8 Å². The number of rotatable bonds is 5. The summed E-state index contributed by atoms with van der Waals surface area (Å²) in [7, 11) is 1.68. The van der Waals surface area contributed by atoms with E-state index in [0.717, 1.165) is 32.2 Å². The smallest absolute Gasteiger partial charge is 0.417 e. The Morgan fingerprint density at radius 3 is 2.45 bits per heavy atom. The lowest BCUT2D eigenvalue weighted by Crippen LogP contribution is -2.53. The zero-order valence-corrected chi connectivity index (χ0v) is 19.7. The van der Waals surface area contributed by atoms with Gasteiger partial charge in [0.15, 0.2) is 5.96 Å². The number of anilines is 1. The number of hydrogen-bond acceptors (Lipinski definition) is 6. The fourth-order valence-corrected chi connectivity index (χ4v) is 3.12. The normalized spacial score (nSPS) is 14.8. The van der Waals surface area contributed by atoms with Crippen molar-refractivity contribution >= 4 is 47.5 Å². The molecule has 0 bridgehead atoms. The van der Waals surface area contributed by atoms with Gasteiger partial charge in [-0.15, -0.1) is 24.0 Å². The monoisotopic (exact) mass is 571 g/mol. The Kier molecular flexibility index (Phi) is 9.34. The quantitative estimate of drug-likeness (QED) is 0.256. The van der Waals surface area contributed by atoms with Crippen molar-refractivity contribution in [3.63, 3.8) is 0 Å². The Morgan fingerprint density at radius 1 is 1.19 bits per heavy atom. The van der Waals surface area contributed by atoms with Crippen molar-refractivity contribution in [2.75, 3.05) is 51.3 Å². The minimum Gasteiger partial charge on any atom is -0.475 e. The summed E-state index contributed by atoms with van der Waals surface area (Å²) in [6.45, 7) is 3.54. The van der Waals surface area contributed by atoms with E-state index in [1.807, 2.05) is 0 Å². The van der Waals surface area contributed by atoms with Gasteiger partial charge >= 0.3 is 6.18 Å². The zero-order chi connectivity index (χ0) is 21.6. The third-order valence-corrected chi connectivity index (χ3v) is 4.66. The standard InChI is InChI=1S/C18H21ClF3N7O.HI/c1-23-16(28-6-8-29(9-7-28)17-24-3-2-4-25-17)26-5-10-30-15-14(19)11-13(12-27-15)18(20,21)22;/h2-4,11-12H,5-10H2,1H3,(H,23,26);1H. The number of piperazine rings is 1. The van der Waals surface area contributed by atoms with E-state index in [1.165, 1.54) is 0 Å². The second-order valence-corrected chi connectivity index (χ2v) is 6.76. The lowest BCUT2D eigenvalue weighted by Gasteiger charge is -2.36. The van der Waals surface area contributed by atoms with Crippen LogP contribution in [-0.4, -0.2) is 72.2 Å². The highest BCUT2D eigenvalue weighted by atomic mass is 127. The molecule has 3 rings (SSSR count). The molecule has 1 aliphatic rings. The van der Waals surface area contributed by atoms with Crippen molar-refractivity contribution in [2.24, 2.45) is 4.99 Å². The predicted molar refractivity (Wildman–Crippen MR) is 122 cm³/mol. The van der Waals surface area contributed by atoms with Crippen LogP contribution in [0.1, 0.15) is 5.56 Å². The van der Waals surface area contributed by atoms with Crippen LogP contribution in [0.5, 0.6) is 5.88 Å². The first-order valence-electron chi connectivity index (χ1n) is 9.21. The van der Waals surface area contributed by atoms with Crippen LogP contribution in [0.25, 0.3) is 0 Å². The third-order valence-electron chi connectivity index (χ3n) is 4.38. The molecule has 0 spiro atoms. The van der Waals surface area contributed by atoms with E-state index in [9.17, 15) is 13.2 Å². The molecule has 0 aromatic carbocycles. The molecule has 8 nitrogen and oxygen atoms in total. The van der Waals surface area contributed by atoms with Crippen LogP contribution in [0, 0.1) is 0 Å². The second kappa shape index (κ2) is 11.5. The van der Waals surface area contributed by atoms with Gasteiger partial charge < -0.3 is 19.9 Å². The van der Waals surface area contributed by atoms with Crippen molar-refractivity contribution < 1.29 is 17.9 Å². The first-order chi connectivity index (χ1) is 14.4. The van der Waals surface area contributed by atoms with Crippen molar-refractivity contribution in [1.82, 2.24) is 25.2 Å². The van der Waals surface area contributed by atoms with Crippen LogP contribution < -0.4 is 15.0 Å². The molecule has 0 amide bonds. The first-order valence-corrected chi connectivity index (χ1v) is 9.59. The van der Waals surface area contributed by atoms with Crippen molar-refractivity contribution in [3.8, 4) is 5.88 Å². The second-order valence-electron chi connectivity index (χ2n) is 6.35. The van der Waals surface area contributed by atoms with E-state index < -0.39 is 11.7 Å². The molecular weight excluding hydrogens is 550 g/mol. The van der Waals surface area contributed by atoms with Gasteiger partial charge in [0.1, 0.15) is 11.6 Å². The number of guanidine groups is 1. The van der Waals surface area contributed by atoms with E-state index >= 15 is 0 Å². The highest BCUT2D eigenvalue weighted by Gasteiger charge is 2.31. The molecule has 2 aromatic rings. The van der Waals surface area contributed by atoms with Gasteiger partial charge in [-0.25, -0.2) is 15.0 Å². The Morgan fingerprint density at radius 2 is 1.87 bits per heavy atom. The van der Waals surface area contributed by atoms with Crippen molar-refractivity contribution in [2.45, 2.75) is 6.18 Å². The SMILES string of the molecule is CN=C(NCCOc1ncc(C(F)(F)F)cc1Cl)N1CCN(c2ncccn2)CC1.I. The summed E-state index contributed by atoms with van der Waals surface area (Å²) >= 11 is 5.84. The number of nitrogens with one attached hydrogen (secondary N) is 1. The summed E-state index contributed by atoms with van der Waals surface area (Å²) in [5.74, 6) is 1.37. The number of nitrogens with zero attached hydrogens (tertiary/aromatic N) is 6. The highest BCUT2D eigenvalue weighted by Crippen LogP contribution is 2.32. The van der Waals surface area contributed by atoms with E-state index in [-0.39, 0.29) is 41.5 Å². The molecule has 31 heavy (non-hydrogen) atoms. The molecular formula is C18H22ClF3IN7O. The zero-order valence-electron chi connectivity index (χ0n) is 16.6. The van der Waals surface area contributed by atoms with Crippen LogP contribution in [-0.2, 0) is 6.18 Å². The van der Waals surface area contributed by atoms with E-state index in [2.05, 4.69) is 35.1 Å². The Labute approximate surface area is 199 Å². The summed E-state index contributed by atoms with van der Waals surface area (Å²) in [4.78, 5) is 20.6. The van der Waals surface area contributed by atoms with Crippen molar-refractivity contribution in [1.29, 1.82) is 0 Å². The van der Waals surface area contributed by atoms with Gasteiger partial charge in [0.05, 0.1) is 12.1 Å². The van der Waals surface area contributed by atoms with Gasteiger partial charge in [-0.05, 0) is 12.1 Å². The predicted octanol–water partition coefficient (Wildman–Crippen LogP) is 2.94. The lowest BCUT2D eigenvalue weighted by atomic mass is 10.3. The van der Waals surface area contributed by atoms with Gasteiger partial charge in [0.25, 0.3) is 0 Å². The van der Waals surface area contributed by atoms with Gasteiger partial charge in [-0.3, -0.25) is 4.99 Å². The molecule has 2 aromatic heterocycles. The molecule has 170 valence electrons. The minimum atomic E-state index is -4.50. The largest absolute Gasteiger partial charge is 0.475 e. The van der Waals surface area contributed by atoms with Crippen LogP contribution in [0.3, 0.4) is 0 Å². The maximum absolute atomic E-state index is 12.7. The lowest BCUT2D eigenvalue weighted by molar-refractivity contribution is -0.137. The number of halogens is 5. The summed E-state index contributed by atoms with van der Waals surface area (Å²) in [5, 5.41) is 2.98. The molecule has 1 fully saturated rings. The van der Waals surface area contributed by atoms with Crippen LogP contribution in [0.15, 0.2) is 35.7 Å². The number of ether oxygens (including phenoxy) is 1. The Bertz CT molecular complexity index is 865. The van der Waals surface area contributed by atoms with Crippen molar-refractivity contribution in [3.05, 3.63) is 41.3 Å². The highest BCUT2D eigenvalue weighted by molar-refractivity contribution is 14.0. The molecule has 0 unspecified atom stereocenters. The Hall–Kier alpha value is -2.09. The summed E-state index contributed by atoms with van der Waals surface area (Å²) < 4.78 is 43.4. The molecule has 0 aliphatic carbocycles. The summed E-state index contributed by atoms with van der Waals surface area (Å²) in [6.07, 6.45) is -0.372. The molecule has 0 saturated carbocycles. The summed E-state index contributed by atoms with van der Waals surface area (Å²) in [5.41, 5.74) is -0.918. The van der Waals surface area contributed by atoms with E-state index in [0.29, 0.717) is 24.6 Å². The molecule has 13 heteroatoms. The van der Waals surface area contributed by atoms with Gasteiger partial charge in [-0.2, -0.15) is 13.2 Å². The first kappa shape index (κ1) is 25.2. The van der Waals surface area contributed by atoms with Gasteiger partial charge in [-0.1, -0.05) is 11.6 Å². The molecule has 3 heterocycles.